The minimum Gasteiger partial charge on any atom is -0.324 e. The lowest BCUT2D eigenvalue weighted by molar-refractivity contribution is -0.113. The molecule has 0 aliphatic carbocycles. The highest BCUT2D eigenvalue weighted by molar-refractivity contribution is 7.99. The Bertz CT molecular complexity index is 1040. The smallest absolute Gasteiger partial charge is 0.272 e. The number of thioether (sulfide) groups is 1. The maximum absolute atomic E-state index is 13.1. The lowest BCUT2D eigenvalue weighted by Crippen LogP contribution is -2.23. The summed E-state index contributed by atoms with van der Waals surface area (Å²) in [6, 6.07) is 5.57. The van der Waals surface area contributed by atoms with Crippen LogP contribution in [0.1, 0.15) is 19.8 Å². The van der Waals surface area contributed by atoms with E-state index in [4.69, 9.17) is 11.6 Å². The Hall–Kier alpha value is -1.90. The standard InChI is InChI=1S/C18H17ClFN3O2S2/c1-2-3-7-23-17(25)16-14(6-8-26-16)22-18(23)27-10-15(24)21-13-5-4-11(20)9-12(13)19/h4-6,8-9H,2-3,7,10H2,1H3,(H,21,24). The van der Waals surface area contributed by atoms with Crippen molar-refractivity contribution in [1.29, 1.82) is 0 Å². The summed E-state index contributed by atoms with van der Waals surface area (Å²) < 4.78 is 15.4. The van der Waals surface area contributed by atoms with Gasteiger partial charge in [0.25, 0.3) is 5.56 Å². The maximum atomic E-state index is 13.1. The zero-order valence-corrected chi connectivity index (χ0v) is 16.9. The van der Waals surface area contributed by atoms with Crippen LogP contribution in [-0.4, -0.2) is 21.2 Å². The molecular weight excluding hydrogens is 409 g/mol. The van der Waals surface area contributed by atoms with Crippen LogP contribution in [0.25, 0.3) is 10.2 Å². The van der Waals surface area contributed by atoms with Crippen LogP contribution in [0.3, 0.4) is 0 Å². The van der Waals surface area contributed by atoms with Crippen molar-refractivity contribution in [2.45, 2.75) is 31.5 Å². The Labute approximate surface area is 168 Å². The topological polar surface area (TPSA) is 64.0 Å². The summed E-state index contributed by atoms with van der Waals surface area (Å²) in [4.78, 5) is 29.5. The van der Waals surface area contributed by atoms with Crippen molar-refractivity contribution < 1.29 is 9.18 Å². The highest BCUT2D eigenvalue weighted by Gasteiger charge is 2.14. The second kappa shape index (κ2) is 8.86. The summed E-state index contributed by atoms with van der Waals surface area (Å²) in [6.07, 6.45) is 1.80. The van der Waals surface area contributed by atoms with E-state index in [0.29, 0.717) is 27.6 Å². The lowest BCUT2D eigenvalue weighted by atomic mass is 10.3. The van der Waals surface area contributed by atoms with Crippen molar-refractivity contribution in [3.8, 4) is 0 Å². The first-order chi connectivity index (χ1) is 13.0. The summed E-state index contributed by atoms with van der Waals surface area (Å²) in [6.45, 7) is 2.61. The van der Waals surface area contributed by atoms with Gasteiger partial charge in [0.05, 0.1) is 22.0 Å². The van der Waals surface area contributed by atoms with E-state index < -0.39 is 5.82 Å². The van der Waals surface area contributed by atoms with E-state index in [1.165, 1.54) is 35.2 Å². The number of thiophene rings is 1. The molecule has 27 heavy (non-hydrogen) atoms. The second-order valence-electron chi connectivity index (χ2n) is 5.80. The van der Waals surface area contributed by atoms with E-state index in [0.717, 1.165) is 18.9 Å². The Balaban J connectivity index is 1.77. The van der Waals surface area contributed by atoms with Gasteiger partial charge in [0.2, 0.25) is 5.91 Å². The number of carbonyl (C=O) groups is 1. The van der Waals surface area contributed by atoms with Gasteiger partial charge in [0, 0.05) is 6.54 Å². The zero-order chi connectivity index (χ0) is 19.4. The molecule has 1 aromatic carbocycles. The van der Waals surface area contributed by atoms with Gasteiger partial charge in [-0.15, -0.1) is 11.3 Å². The molecule has 0 saturated carbocycles. The number of nitrogens with one attached hydrogen (secondary N) is 1. The molecule has 0 aliphatic heterocycles. The van der Waals surface area contributed by atoms with Crippen molar-refractivity contribution in [2.75, 3.05) is 11.1 Å². The number of rotatable bonds is 7. The van der Waals surface area contributed by atoms with E-state index in [-0.39, 0.29) is 22.2 Å². The molecule has 2 heterocycles. The summed E-state index contributed by atoms with van der Waals surface area (Å²) in [5, 5.41) is 5.12. The molecule has 0 unspecified atom stereocenters. The number of hydrogen-bond acceptors (Lipinski definition) is 5. The number of unbranched alkanes of at least 4 members (excludes halogenated alkanes) is 1. The largest absolute Gasteiger partial charge is 0.324 e. The van der Waals surface area contributed by atoms with Gasteiger partial charge in [0.1, 0.15) is 10.5 Å². The first-order valence-corrected chi connectivity index (χ1v) is 10.6. The number of hydrogen-bond donors (Lipinski definition) is 1. The molecule has 3 aromatic rings. The molecule has 142 valence electrons. The zero-order valence-electron chi connectivity index (χ0n) is 14.5. The summed E-state index contributed by atoms with van der Waals surface area (Å²) in [5.74, 6) is -0.724. The number of fused-ring (bicyclic) bond motifs is 1. The maximum Gasteiger partial charge on any atom is 0.272 e. The molecule has 9 heteroatoms. The van der Waals surface area contributed by atoms with Crippen LogP contribution in [-0.2, 0) is 11.3 Å². The molecule has 0 fully saturated rings. The molecule has 0 radical (unpaired) electrons. The monoisotopic (exact) mass is 425 g/mol. The fourth-order valence-electron chi connectivity index (χ4n) is 2.45. The number of aromatic nitrogens is 2. The van der Waals surface area contributed by atoms with E-state index >= 15 is 0 Å². The SMILES string of the molecule is CCCCn1c(SCC(=O)Nc2ccc(F)cc2Cl)nc2ccsc2c1=O. The van der Waals surface area contributed by atoms with Gasteiger partial charge in [-0.25, -0.2) is 9.37 Å². The number of benzene rings is 1. The molecule has 0 spiro atoms. The van der Waals surface area contributed by atoms with E-state index in [1.807, 2.05) is 5.38 Å². The summed E-state index contributed by atoms with van der Waals surface area (Å²) in [7, 11) is 0. The van der Waals surface area contributed by atoms with Crippen LogP contribution >= 0.6 is 34.7 Å². The number of nitrogens with zero attached hydrogens (tertiary/aromatic N) is 2. The molecule has 2 aromatic heterocycles. The molecule has 5 nitrogen and oxygen atoms in total. The molecule has 1 N–H and O–H groups in total. The first kappa shape index (κ1) is 19.9. The van der Waals surface area contributed by atoms with Gasteiger partial charge in [-0.05, 0) is 36.1 Å². The van der Waals surface area contributed by atoms with Crippen LogP contribution in [0.4, 0.5) is 10.1 Å². The van der Waals surface area contributed by atoms with Gasteiger partial charge < -0.3 is 5.32 Å². The quantitative estimate of drug-likeness (QED) is 0.437. The highest BCUT2D eigenvalue weighted by atomic mass is 35.5. The fraction of sp³-hybridized carbons (Fsp3) is 0.278. The Morgan fingerprint density at radius 1 is 1.41 bits per heavy atom. The third kappa shape index (κ3) is 4.69. The van der Waals surface area contributed by atoms with Crippen molar-refractivity contribution in [3.63, 3.8) is 0 Å². The fourth-order valence-corrected chi connectivity index (χ4v) is 4.27. The van der Waals surface area contributed by atoms with E-state index in [2.05, 4.69) is 17.2 Å². The van der Waals surface area contributed by atoms with Gasteiger partial charge in [0.15, 0.2) is 5.16 Å². The predicted octanol–water partition coefficient (Wildman–Crippen LogP) is 4.78. The predicted molar refractivity (Wildman–Crippen MR) is 110 cm³/mol. The molecule has 0 atom stereocenters. The van der Waals surface area contributed by atoms with Crippen LogP contribution in [0.5, 0.6) is 0 Å². The van der Waals surface area contributed by atoms with E-state index in [9.17, 15) is 14.0 Å². The van der Waals surface area contributed by atoms with Gasteiger partial charge in [-0.1, -0.05) is 36.7 Å². The minimum atomic E-state index is -0.472. The average Bonchev–Trinajstić information content (AvgIpc) is 3.10. The average molecular weight is 426 g/mol. The normalized spacial score (nSPS) is 11.1. The Morgan fingerprint density at radius 2 is 2.22 bits per heavy atom. The highest BCUT2D eigenvalue weighted by Crippen LogP contribution is 2.24. The Kier molecular flexibility index (Phi) is 6.51. The van der Waals surface area contributed by atoms with Crippen LogP contribution in [0, 0.1) is 5.82 Å². The van der Waals surface area contributed by atoms with Crippen molar-refractivity contribution in [2.24, 2.45) is 0 Å². The van der Waals surface area contributed by atoms with Crippen molar-refractivity contribution >= 4 is 56.5 Å². The van der Waals surface area contributed by atoms with E-state index in [1.54, 1.807) is 10.6 Å². The molecule has 0 saturated heterocycles. The Morgan fingerprint density at radius 3 is 2.96 bits per heavy atom. The number of anilines is 1. The van der Waals surface area contributed by atoms with Gasteiger partial charge in [-0.3, -0.25) is 14.2 Å². The van der Waals surface area contributed by atoms with Crippen molar-refractivity contribution in [3.05, 3.63) is 50.8 Å². The van der Waals surface area contributed by atoms with Crippen LogP contribution < -0.4 is 10.9 Å². The van der Waals surface area contributed by atoms with Crippen LogP contribution in [0.15, 0.2) is 39.6 Å². The molecule has 3 rings (SSSR count). The molecule has 0 bridgehead atoms. The minimum absolute atomic E-state index is 0.0575. The molecule has 1 amide bonds. The van der Waals surface area contributed by atoms with Gasteiger partial charge >= 0.3 is 0 Å². The number of halogens is 2. The summed E-state index contributed by atoms with van der Waals surface area (Å²) >= 11 is 8.49. The second-order valence-corrected chi connectivity index (χ2v) is 8.07. The lowest BCUT2D eigenvalue weighted by Gasteiger charge is -2.12. The molecule has 0 aliphatic rings. The number of amides is 1. The summed E-state index contributed by atoms with van der Waals surface area (Å²) in [5.41, 5.74) is 0.906. The third-order valence-electron chi connectivity index (χ3n) is 3.80. The van der Waals surface area contributed by atoms with Crippen molar-refractivity contribution in [1.82, 2.24) is 9.55 Å². The third-order valence-corrected chi connectivity index (χ3v) is 5.98. The van der Waals surface area contributed by atoms with Crippen LogP contribution in [0.2, 0.25) is 5.02 Å². The van der Waals surface area contributed by atoms with Gasteiger partial charge in [-0.2, -0.15) is 0 Å². The first-order valence-electron chi connectivity index (χ1n) is 8.35. The molecular formula is C18H17ClFN3O2S2. The number of carbonyl (C=O) groups excluding carboxylic acids is 1.